The Balaban J connectivity index is 1.92. The Hall–Kier alpha value is -1.88. The average molecular weight is 299 g/mol. The second-order valence-electron chi connectivity index (χ2n) is 5.85. The molecule has 1 aliphatic carbocycles. The Morgan fingerprint density at radius 2 is 1.86 bits per heavy atom. The summed E-state index contributed by atoms with van der Waals surface area (Å²) in [5, 5.41) is 8.63. The van der Waals surface area contributed by atoms with Gasteiger partial charge < -0.3 is 10.6 Å². The molecule has 5 heteroatoms. The van der Waals surface area contributed by atoms with E-state index in [4.69, 9.17) is 5.73 Å². The van der Waals surface area contributed by atoms with Gasteiger partial charge in [-0.1, -0.05) is 11.6 Å². The third kappa shape index (κ3) is 2.61. The number of rotatable bonds is 6. The van der Waals surface area contributed by atoms with Crippen molar-refractivity contribution in [3.8, 4) is 5.69 Å². The summed E-state index contributed by atoms with van der Waals surface area (Å²) in [6, 6.07) is 8.59. The lowest BCUT2D eigenvalue weighted by Crippen LogP contribution is -2.21. The molecule has 1 aromatic carbocycles. The Morgan fingerprint density at radius 1 is 1.18 bits per heavy atom. The summed E-state index contributed by atoms with van der Waals surface area (Å²) in [7, 11) is 0. The molecule has 2 N–H and O–H groups in total. The molecule has 0 amide bonds. The van der Waals surface area contributed by atoms with Gasteiger partial charge in [-0.25, -0.2) is 4.68 Å². The lowest BCUT2D eigenvalue weighted by molar-refractivity contribution is 0.401. The first-order valence-electron chi connectivity index (χ1n) is 8.28. The molecule has 3 rings (SSSR count). The molecule has 1 fully saturated rings. The first-order chi connectivity index (χ1) is 10.8. The van der Waals surface area contributed by atoms with Crippen LogP contribution in [0.3, 0.4) is 0 Å². The van der Waals surface area contributed by atoms with E-state index in [-0.39, 0.29) is 0 Å². The topological polar surface area (TPSA) is 60.0 Å². The molecule has 0 unspecified atom stereocenters. The second kappa shape index (κ2) is 6.48. The van der Waals surface area contributed by atoms with Gasteiger partial charge in [0, 0.05) is 31.2 Å². The quantitative estimate of drug-likeness (QED) is 0.891. The van der Waals surface area contributed by atoms with Crippen molar-refractivity contribution in [3.05, 3.63) is 35.7 Å². The Kier molecular flexibility index (Phi) is 4.43. The summed E-state index contributed by atoms with van der Waals surface area (Å²) < 4.78 is 1.98. The minimum atomic E-state index is 0.462. The molecule has 5 nitrogen and oxygen atoms in total. The predicted octanol–water partition coefficient (Wildman–Crippen LogP) is 2.84. The van der Waals surface area contributed by atoms with Crippen molar-refractivity contribution < 1.29 is 0 Å². The molecule has 0 spiro atoms. The maximum atomic E-state index is 5.84. The van der Waals surface area contributed by atoms with Gasteiger partial charge in [0.25, 0.3) is 0 Å². The van der Waals surface area contributed by atoms with E-state index >= 15 is 0 Å². The predicted molar refractivity (Wildman–Crippen MR) is 89.4 cm³/mol. The van der Waals surface area contributed by atoms with E-state index in [9.17, 15) is 0 Å². The van der Waals surface area contributed by atoms with Gasteiger partial charge in [-0.3, -0.25) is 0 Å². The van der Waals surface area contributed by atoms with Crippen LogP contribution in [-0.4, -0.2) is 28.1 Å². The number of anilines is 1. The van der Waals surface area contributed by atoms with Gasteiger partial charge >= 0.3 is 0 Å². The fraction of sp³-hybridized carbons (Fsp3) is 0.529. The van der Waals surface area contributed by atoms with Crippen LogP contribution in [-0.2, 0) is 6.54 Å². The highest BCUT2D eigenvalue weighted by molar-refractivity contribution is 5.51. The summed E-state index contributed by atoms with van der Waals surface area (Å²) in [6.07, 6.45) is 3.73. The normalized spacial score (nSPS) is 14.9. The van der Waals surface area contributed by atoms with Crippen LogP contribution >= 0.6 is 0 Å². The maximum absolute atomic E-state index is 5.84. The SMILES string of the molecule is CCN(CC)c1ccc(-n2nnc(CN)c2C2CCC2)cc1. The van der Waals surface area contributed by atoms with E-state index in [0.29, 0.717) is 12.5 Å². The molecular weight excluding hydrogens is 274 g/mol. The van der Waals surface area contributed by atoms with E-state index in [1.807, 2.05) is 4.68 Å². The first-order valence-corrected chi connectivity index (χ1v) is 8.28. The van der Waals surface area contributed by atoms with Crippen molar-refractivity contribution >= 4 is 5.69 Å². The van der Waals surface area contributed by atoms with Gasteiger partial charge in [0.1, 0.15) is 5.69 Å². The molecule has 1 saturated carbocycles. The summed E-state index contributed by atoms with van der Waals surface area (Å²) in [6.45, 7) is 6.85. The van der Waals surface area contributed by atoms with E-state index < -0.39 is 0 Å². The monoisotopic (exact) mass is 299 g/mol. The van der Waals surface area contributed by atoms with Gasteiger partial charge in [0.15, 0.2) is 0 Å². The lowest BCUT2D eigenvalue weighted by Gasteiger charge is -2.26. The molecule has 118 valence electrons. The lowest BCUT2D eigenvalue weighted by atomic mass is 9.82. The van der Waals surface area contributed by atoms with Crippen molar-refractivity contribution in [2.45, 2.75) is 45.6 Å². The van der Waals surface area contributed by atoms with Crippen LogP contribution in [0.4, 0.5) is 5.69 Å². The van der Waals surface area contributed by atoms with Crippen LogP contribution < -0.4 is 10.6 Å². The molecule has 1 heterocycles. The number of nitrogens with two attached hydrogens (primary N) is 1. The van der Waals surface area contributed by atoms with Crippen LogP contribution in [0.25, 0.3) is 5.69 Å². The van der Waals surface area contributed by atoms with E-state index in [1.54, 1.807) is 0 Å². The van der Waals surface area contributed by atoms with Crippen molar-refractivity contribution in [2.75, 3.05) is 18.0 Å². The van der Waals surface area contributed by atoms with Crippen LogP contribution in [0, 0.1) is 0 Å². The van der Waals surface area contributed by atoms with Gasteiger partial charge in [-0.15, -0.1) is 5.10 Å². The second-order valence-corrected chi connectivity index (χ2v) is 5.85. The highest BCUT2D eigenvalue weighted by Gasteiger charge is 2.27. The number of aromatic nitrogens is 3. The largest absolute Gasteiger partial charge is 0.372 e. The summed E-state index contributed by atoms with van der Waals surface area (Å²) in [5.74, 6) is 0.566. The summed E-state index contributed by atoms with van der Waals surface area (Å²) in [4.78, 5) is 2.34. The van der Waals surface area contributed by atoms with E-state index in [1.165, 1.54) is 30.6 Å². The van der Waals surface area contributed by atoms with Crippen molar-refractivity contribution in [1.82, 2.24) is 15.0 Å². The van der Waals surface area contributed by atoms with E-state index in [0.717, 1.165) is 24.5 Å². The third-order valence-electron chi connectivity index (χ3n) is 4.69. The number of hydrogen-bond donors (Lipinski definition) is 1. The highest BCUT2D eigenvalue weighted by Crippen LogP contribution is 2.38. The molecule has 0 saturated heterocycles. The molecule has 0 radical (unpaired) electrons. The summed E-state index contributed by atoms with van der Waals surface area (Å²) >= 11 is 0. The Bertz CT molecular complexity index is 608. The maximum Gasteiger partial charge on any atom is 0.100 e. The van der Waals surface area contributed by atoms with Crippen LogP contribution in [0.2, 0.25) is 0 Å². The Morgan fingerprint density at radius 3 is 2.36 bits per heavy atom. The van der Waals surface area contributed by atoms with Gasteiger partial charge in [0.05, 0.1) is 11.4 Å². The highest BCUT2D eigenvalue weighted by atomic mass is 15.4. The van der Waals surface area contributed by atoms with Crippen molar-refractivity contribution in [2.24, 2.45) is 5.73 Å². The smallest absolute Gasteiger partial charge is 0.100 e. The number of benzene rings is 1. The zero-order valence-corrected chi connectivity index (χ0v) is 13.5. The van der Waals surface area contributed by atoms with Crippen molar-refractivity contribution in [1.29, 1.82) is 0 Å². The van der Waals surface area contributed by atoms with Crippen molar-refractivity contribution in [3.63, 3.8) is 0 Å². The summed E-state index contributed by atoms with van der Waals surface area (Å²) in [5.41, 5.74) is 10.3. The van der Waals surface area contributed by atoms with E-state index in [2.05, 4.69) is 53.3 Å². The average Bonchev–Trinajstić information content (AvgIpc) is 2.91. The number of hydrogen-bond acceptors (Lipinski definition) is 4. The zero-order chi connectivity index (χ0) is 15.5. The van der Waals surface area contributed by atoms with Gasteiger partial charge in [-0.2, -0.15) is 0 Å². The molecule has 2 aromatic rings. The standard InChI is InChI=1S/C17H25N5/c1-3-21(4-2)14-8-10-15(11-9-14)22-17(13-6-5-7-13)16(12-18)19-20-22/h8-11,13H,3-7,12,18H2,1-2H3. The molecule has 22 heavy (non-hydrogen) atoms. The van der Waals surface area contributed by atoms with Gasteiger partial charge in [-0.05, 0) is 51.0 Å². The molecule has 0 aliphatic heterocycles. The molecular formula is C17H25N5. The fourth-order valence-electron chi connectivity index (χ4n) is 3.14. The van der Waals surface area contributed by atoms with Crippen LogP contribution in [0.1, 0.15) is 50.4 Å². The Labute approximate surface area is 132 Å². The molecule has 0 bridgehead atoms. The molecule has 1 aromatic heterocycles. The molecule has 1 aliphatic rings. The first kappa shape index (κ1) is 15.0. The van der Waals surface area contributed by atoms with Crippen LogP contribution in [0.15, 0.2) is 24.3 Å². The minimum Gasteiger partial charge on any atom is -0.372 e. The minimum absolute atomic E-state index is 0.462. The van der Waals surface area contributed by atoms with Gasteiger partial charge in [0.2, 0.25) is 0 Å². The van der Waals surface area contributed by atoms with Crippen LogP contribution in [0.5, 0.6) is 0 Å². The zero-order valence-electron chi connectivity index (χ0n) is 13.5. The third-order valence-corrected chi connectivity index (χ3v) is 4.69. The fourth-order valence-corrected chi connectivity index (χ4v) is 3.14. The molecule has 0 atom stereocenters. The number of nitrogens with zero attached hydrogens (tertiary/aromatic N) is 4.